The van der Waals surface area contributed by atoms with Gasteiger partial charge in [-0.05, 0) is 12.2 Å². The molecule has 2 fully saturated rings. The first kappa shape index (κ1) is 10.5. The molecule has 1 unspecified atom stereocenters. The van der Waals surface area contributed by atoms with Crippen molar-refractivity contribution < 1.29 is 8.78 Å². The predicted octanol–water partition coefficient (Wildman–Crippen LogP) is 1.91. The van der Waals surface area contributed by atoms with E-state index in [0.29, 0.717) is 0 Å². The van der Waals surface area contributed by atoms with Crippen LogP contribution in [0.2, 0.25) is 0 Å². The number of thioether (sulfide) groups is 1. The number of alkyl halides is 2. The normalized spacial score (nSPS) is 38.5. The lowest BCUT2D eigenvalue weighted by molar-refractivity contribution is 0.0171. The molecule has 0 radical (unpaired) electrons. The fraction of sp³-hybridized carbons (Fsp3) is 1.00. The maximum atomic E-state index is 12.8. The first-order valence-corrected chi connectivity index (χ1v) is 4.98. The lowest BCUT2D eigenvalue weighted by Crippen LogP contribution is -2.39. The molecule has 1 N–H and O–H groups in total. The summed E-state index contributed by atoms with van der Waals surface area (Å²) in [6.07, 6.45) is 0.959. The highest BCUT2D eigenvalue weighted by atomic mass is 35.5. The maximum Gasteiger partial charge on any atom is 0.262 e. The largest absolute Gasteiger partial charge is 0.305 e. The molecule has 1 nitrogen and oxygen atoms in total. The second-order valence-corrected chi connectivity index (χ2v) is 4.57. The van der Waals surface area contributed by atoms with Crippen LogP contribution in [0.15, 0.2) is 0 Å². The van der Waals surface area contributed by atoms with Gasteiger partial charge in [0, 0.05) is 17.7 Å². The van der Waals surface area contributed by atoms with Crippen LogP contribution in [0.1, 0.15) is 12.8 Å². The van der Waals surface area contributed by atoms with E-state index in [-0.39, 0.29) is 30.9 Å². The summed E-state index contributed by atoms with van der Waals surface area (Å²) < 4.78 is 25.5. The second-order valence-electron chi connectivity index (χ2n) is 3.47. The van der Waals surface area contributed by atoms with Gasteiger partial charge in [-0.2, -0.15) is 11.8 Å². The topological polar surface area (TPSA) is 12.0 Å². The Kier molecular flexibility index (Phi) is 2.91. The molecule has 1 atom stereocenters. The summed E-state index contributed by atoms with van der Waals surface area (Å²) in [6.45, 7) is -0.118. The van der Waals surface area contributed by atoms with Crippen molar-refractivity contribution in [3.63, 3.8) is 0 Å². The Bertz CT molecular complexity index is 171. The van der Waals surface area contributed by atoms with Crippen LogP contribution in [0.5, 0.6) is 0 Å². The Balaban J connectivity index is 0.000000720. The third-order valence-corrected chi connectivity index (χ3v) is 3.67. The molecular formula is C7H12ClF2NS. The molecule has 5 heteroatoms. The van der Waals surface area contributed by atoms with Gasteiger partial charge in [-0.3, -0.25) is 0 Å². The molecule has 1 spiro atoms. The number of halogens is 3. The van der Waals surface area contributed by atoms with E-state index in [9.17, 15) is 8.78 Å². The van der Waals surface area contributed by atoms with Crippen molar-refractivity contribution in [1.82, 2.24) is 5.32 Å². The van der Waals surface area contributed by atoms with Crippen molar-refractivity contribution in [2.75, 3.05) is 18.1 Å². The van der Waals surface area contributed by atoms with Gasteiger partial charge in [-0.15, -0.1) is 12.4 Å². The molecule has 0 aromatic heterocycles. The number of hydrogen-bond donors (Lipinski definition) is 1. The van der Waals surface area contributed by atoms with E-state index in [4.69, 9.17) is 0 Å². The Morgan fingerprint density at radius 2 is 2.08 bits per heavy atom. The minimum atomic E-state index is -2.45. The molecule has 0 bridgehead atoms. The standard InChI is InChI=1S/C7H11F2NS.ClH/c8-7(9)3-6(10-4-7)1-2-11-5-6;/h10H,1-5H2;1H. The number of hydrogen-bond acceptors (Lipinski definition) is 2. The van der Waals surface area contributed by atoms with E-state index < -0.39 is 5.92 Å². The maximum absolute atomic E-state index is 12.8. The first-order chi connectivity index (χ1) is 5.12. The molecule has 0 amide bonds. The fourth-order valence-electron chi connectivity index (χ4n) is 1.82. The van der Waals surface area contributed by atoms with Gasteiger partial charge in [0.2, 0.25) is 0 Å². The molecule has 12 heavy (non-hydrogen) atoms. The quantitative estimate of drug-likeness (QED) is 0.663. The van der Waals surface area contributed by atoms with Crippen molar-refractivity contribution in [2.45, 2.75) is 24.3 Å². The number of rotatable bonds is 0. The highest BCUT2D eigenvalue weighted by Gasteiger charge is 2.50. The average Bonchev–Trinajstić information content (AvgIpc) is 2.43. The summed E-state index contributed by atoms with van der Waals surface area (Å²) in [5.74, 6) is -0.559. The lowest BCUT2D eigenvalue weighted by atomic mass is 9.96. The monoisotopic (exact) mass is 215 g/mol. The van der Waals surface area contributed by atoms with Crippen LogP contribution in [-0.2, 0) is 0 Å². The molecule has 0 saturated carbocycles. The van der Waals surface area contributed by atoms with Crippen molar-refractivity contribution in [3.8, 4) is 0 Å². The van der Waals surface area contributed by atoms with Gasteiger partial charge in [-0.1, -0.05) is 0 Å². The zero-order chi connectivity index (χ0) is 7.95. The van der Waals surface area contributed by atoms with Gasteiger partial charge < -0.3 is 5.32 Å². The Labute approximate surface area is 81.1 Å². The van der Waals surface area contributed by atoms with Crippen LogP contribution in [0.3, 0.4) is 0 Å². The summed E-state index contributed by atoms with van der Waals surface area (Å²) >= 11 is 1.78. The van der Waals surface area contributed by atoms with E-state index in [1.165, 1.54) is 0 Å². The summed E-state index contributed by atoms with van der Waals surface area (Å²) in [6, 6.07) is 0. The molecule has 0 aromatic rings. The van der Waals surface area contributed by atoms with Gasteiger partial charge in [0.15, 0.2) is 0 Å². The van der Waals surface area contributed by atoms with Crippen LogP contribution in [0, 0.1) is 0 Å². The zero-order valence-electron chi connectivity index (χ0n) is 6.61. The van der Waals surface area contributed by atoms with E-state index in [0.717, 1.165) is 17.9 Å². The molecule has 2 saturated heterocycles. The van der Waals surface area contributed by atoms with Crippen LogP contribution in [0.4, 0.5) is 8.78 Å². The molecule has 2 heterocycles. The fourth-order valence-corrected chi connectivity index (χ4v) is 3.24. The number of nitrogens with one attached hydrogen (secondary N) is 1. The first-order valence-electron chi connectivity index (χ1n) is 3.83. The molecular weight excluding hydrogens is 204 g/mol. The van der Waals surface area contributed by atoms with E-state index >= 15 is 0 Å². The Morgan fingerprint density at radius 3 is 2.50 bits per heavy atom. The van der Waals surface area contributed by atoms with Crippen LogP contribution < -0.4 is 5.32 Å². The Hall–Kier alpha value is 0.460. The second kappa shape index (κ2) is 3.31. The predicted molar refractivity (Wildman–Crippen MR) is 49.5 cm³/mol. The van der Waals surface area contributed by atoms with Gasteiger partial charge in [0.05, 0.1) is 6.54 Å². The van der Waals surface area contributed by atoms with E-state index in [2.05, 4.69) is 5.32 Å². The minimum absolute atomic E-state index is 0. The van der Waals surface area contributed by atoms with E-state index in [1.807, 2.05) is 0 Å². The van der Waals surface area contributed by atoms with E-state index in [1.54, 1.807) is 11.8 Å². The van der Waals surface area contributed by atoms with Crippen LogP contribution in [-0.4, -0.2) is 29.5 Å². The smallest absolute Gasteiger partial charge is 0.262 e. The van der Waals surface area contributed by atoms with Crippen molar-refractivity contribution >= 4 is 24.2 Å². The minimum Gasteiger partial charge on any atom is -0.305 e. The van der Waals surface area contributed by atoms with Gasteiger partial charge >= 0.3 is 0 Å². The summed E-state index contributed by atoms with van der Waals surface area (Å²) in [7, 11) is 0. The van der Waals surface area contributed by atoms with Crippen LogP contribution in [0.25, 0.3) is 0 Å². The van der Waals surface area contributed by atoms with Gasteiger partial charge in [-0.25, -0.2) is 8.78 Å². The third kappa shape index (κ3) is 1.86. The van der Waals surface area contributed by atoms with Crippen molar-refractivity contribution in [1.29, 1.82) is 0 Å². The van der Waals surface area contributed by atoms with Gasteiger partial charge in [0.1, 0.15) is 0 Å². The molecule has 2 aliphatic rings. The van der Waals surface area contributed by atoms with Gasteiger partial charge in [0.25, 0.3) is 5.92 Å². The average molecular weight is 216 g/mol. The molecule has 0 aliphatic carbocycles. The molecule has 72 valence electrons. The summed E-state index contributed by atoms with van der Waals surface area (Å²) in [5.41, 5.74) is -0.214. The summed E-state index contributed by atoms with van der Waals surface area (Å²) in [4.78, 5) is 0. The Morgan fingerprint density at radius 1 is 1.33 bits per heavy atom. The lowest BCUT2D eigenvalue weighted by Gasteiger charge is -2.21. The third-order valence-electron chi connectivity index (χ3n) is 2.42. The highest BCUT2D eigenvalue weighted by Crippen LogP contribution is 2.40. The summed E-state index contributed by atoms with van der Waals surface area (Å²) in [5, 5.41) is 2.95. The van der Waals surface area contributed by atoms with Crippen molar-refractivity contribution in [3.05, 3.63) is 0 Å². The highest BCUT2D eigenvalue weighted by molar-refractivity contribution is 7.99. The SMILES string of the molecule is Cl.FC1(F)CNC2(CCSC2)C1. The zero-order valence-corrected chi connectivity index (χ0v) is 8.24. The van der Waals surface area contributed by atoms with Crippen molar-refractivity contribution in [2.24, 2.45) is 0 Å². The van der Waals surface area contributed by atoms with Crippen LogP contribution >= 0.6 is 24.2 Å². The molecule has 2 rings (SSSR count). The molecule has 0 aromatic carbocycles. The molecule has 2 aliphatic heterocycles.